The first kappa shape index (κ1) is 18.2. The third kappa shape index (κ3) is 4.06. The first-order valence-electron chi connectivity index (χ1n) is 10.2. The molecule has 1 amide bonds. The lowest BCUT2D eigenvalue weighted by Crippen LogP contribution is -2.48. The highest BCUT2D eigenvalue weighted by Crippen LogP contribution is 2.47. The van der Waals surface area contributed by atoms with Gasteiger partial charge in [0, 0.05) is 25.7 Å². The Morgan fingerprint density at radius 2 is 2.04 bits per heavy atom. The van der Waals surface area contributed by atoms with Crippen LogP contribution in [0.15, 0.2) is 23.2 Å². The summed E-state index contributed by atoms with van der Waals surface area (Å²) in [5, 5.41) is 8.25. The number of nitrogens with zero attached hydrogens (tertiary/aromatic N) is 5. The van der Waals surface area contributed by atoms with Crippen molar-refractivity contribution in [3.05, 3.63) is 30.2 Å². The number of carbonyl (C=O) groups excluding carboxylic acids is 1. The molecule has 0 bridgehead atoms. The fourth-order valence-electron chi connectivity index (χ4n) is 5.01. The molecule has 0 spiro atoms. The molecule has 3 heterocycles. The number of hydrogen-bond donors (Lipinski definition) is 0. The number of rotatable bonds is 5. The van der Waals surface area contributed by atoms with Crippen LogP contribution in [0.5, 0.6) is 0 Å². The number of amides is 1. The van der Waals surface area contributed by atoms with Crippen molar-refractivity contribution >= 4 is 5.91 Å². The van der Waals surface area contributed by atoms with E-state index >= 15 is 0 Å². The molecule has 1 aliphatic carbocycles. The number of likely N-dealkylation sites (tertiary alicyclic amines) is 1. The molecule has 1 saturated heterocycles. The summed E-state index contributed by atoms with van der Waals surface area (Å²) in [4.78, 5) is 18.8. The molecule has 146 valence electrons. The van der Waals surface area contributed by atoms with Crippen molar-refractivity contribution in [2.75, 3.05) is 13.1 Å². The van der Waals surface area contributed by atoms with E-state index in [9.17, 15) is 4.79 Å². The van der Waals surface area contributed by atoms with E-state index in [1.807, 2.05) is 28.9 Å². The lowest BCUT2D eigenvalue weighted by atomic mass is 9.63. The summed E-state index contributed by atoms with van der Waals surface area (Å²) < 4.78 is 7.21. The predicted octanol–water partition coefficient (Wildman–Crippen LogP) is 3.01. The topological polar surface area (TPSA) is 77.0 Å². The molecule has 2 aliphatic rings. The monoisotopic (exact) mass is 371 g/mol. The lowest BCUT2D eigenvalue weighted by Gasteiger charge is -2.48. The highest BCUT2D eigenvalue weighted by atomic mass is 16.5. The van der Waals surface area contributed by atoms with E-state index in [0.717, 1.165) is 44.1 Å². The van der Waals surface area contributed by atoms with Crippen LogP contribution in [0.2, 0.25) is 0 Å². The van der Waals surface area contributed by atoms with Gasteiger partial charge in [0.25, 0.3) is 0 Å². The summed E-state index contributed by atoms with van der Waals surface area (Å²) in [6.07, 6.45) is 12.5. The highest BCUT2D eigenvalue weighted by molar-refractivity contribution is 5.78. The van der Waals surface area contributed by atoms with Crippen molar-refractivity contribution in [3.8, 4) is 0 Å². The van der Waals surface area contributed by atoms with E-state index in [1.165, 1.54) is 32.1 Å². The predicted molar refractivity (Wildman–Crippen MR) is 99.8 cm³/mol. The van der Waals surface area contributed by atoms with Crippen LogP contribution in [0, 0.1) is 18.3 Å². The quantitative estimate of drug-likeness (QED) is 0.807. The maximum atomic E-state index is 12.7. The van der Waals surface area contributed by atoms with Crippen LogP contribution in [-0.4, -0.2) is 43.8 Å². The van der Waals surface area contributed by atoms with Crippen molar-refractivity contribution in [2.45, 2.75) is 64.8 Å². The molecule has 0 unspecified atom stereocenters. The Hall–Kier alpha value is -2.18. The van der Waals surface area contributed by atoms with Crippen LogP contribution < -0.4 is 0 Å². The molecule has 0 radical (unpaired) electrons. The minimum absolute atomic E-state index is 0.143. The Bertz CT molecular complexity index is 740. The van der Waals surface area contributed by atoms with Crippen molar-refractivity contribution < 1.29 is 9.32 Å². The zero-order chi connectivity index (χ0) is 18.7. The van der Waals surface area contributed by atoms with Gasteiger partial charge in [0.2, 0.25) is 5.91 Å². The fourth-order valence-corrected chi connectivity index (χ4v) is 5.01. The highest BCUT2D eigenvalue weighted by Gasteiger charge is 2.43. The molecular weight excluding hydrogens is 342 g/mol. The van der Waals surface area contributed by atoms with E-state index in [0.29, 0.717) is 12.2 Å². The molecule has 7 heteroatoms. The average molecular weight is 371 g/mol. The van der Waals surface area contributed by atoms with Crippen molar-refractivity contribution in [1.29, 1.82) is 0 Å². The van der Waals surface area contributed by atoms with Crippen LogP contribution in [0.3, 0.4) is 0 Å². The second-order valence-corrected chi connectivity index (χ2v) is 8.28. The third-order valence-corrected chi connectivity index (χ3v) is 6.53. The van der Waals surface area contributed by atoms with E-state index < -0.39 is 0 Å². The summed E-state index contributed by atoms with van der Waals surface area (Å²) in [6.45, 7) is 4.43. The number of aromatic nitrogens is 4. The van der Waals surface area contributed by atoms with E-state index in [1.54, 1.807) is 6.33 Å². The average Bonchev–Trinajstić information content (AvgIpc) is 3.34. The molecule has 2 fully saturated rings. The SMILES string of the molecule is Cc1cc(CC(=O)N2CCC(Cn3cncn3)(C3CCCCC3)CC2)on1. The van der Waals surface area contributed by atoms with Gasteiger partial charge in [-0.25, -0.2) is 4.98 Å². The van der Waals surface area contributed by atoms with Crippen molar-refractivity contribution in [3.63, 3.8) is 0 Å². The molecule has 1 saturated carbocycles. The third-order valence-electron chi connectivity index (χ3n) is 6.53. The van der Waals surface area contributed by atoms with Crippen LogP contribution in [-0.2, 0) is 17.8 Å². The van der Waals surface area contributed by atoms with Gasteiger partial charge in [-0.3, -0.25) is 9.48 Å². The van der Waals surface area contributed by atoms with Gasteiger partial charge in [-0.05, 0) is 43.9 Å². The van der Waals surface area contributed by atoms with Gasteiger partial charge < -0.3 is 9.42 Å². The molecule has 0 atom stereocenters. The van der Waals surface area contributed by atoms with E-state index in [4.69, 9.17) is 4.52 Å². The number of aryl methyl sites for hydroxylation is 1. The summed E-state index contributed by atoms with van der Waals surface area (Å²) in [5.41, 5.74) is 1.05. The standard InChI is InChI=1S/C20H29N5O2/c1-16-11-18(27-23-16)12-19(26)24-9-7-20(8-10-24,13-25-15-21-14-22-25)17-5-3-2-4-6-17/h11,14-15,17H,2-10,12-13H2,1H3. The maximum absolute atomic E-state index is 12.7. The molecule has 0 N–H and O–H groups in total. The number of carbonyl (C=O) groups is 1. The first-order chi connectivity index (χ1) is 13.1. The van der Waals surface area contributed by atoms with E-state index in [-0.39, 0.29) is 11.3 Å². The molecule has 1 aliphatic heterocycles. The smallest absolute Gasteiger partial charge is 0.230 e. The minimum atomic E-state index is 0.143. The molecular formula is C20H29N5O2. The zero-order valence-electron chi connectivity index (χ0n) is 16.1. The van der Waals surface area contributed by atoms with Crippen LogP contribution >= 0.6 is 0 Å². The second kappa shape index (κ2) is 7.82. The van der Waals surface area contributed by atoms with Crippen LogP contribution in [0.25, 0.3) is 0 Å². The van der Waals surface area contributed by atoms with Gasteiger partial charge in [-0.2, -0.15) is 5.10 Å². The maximum Gasteiger partial charge on any atom is 0.230 e. The Morgan fingerprint density at radius 1 is 1.26 bits per heavy atom. The van der Waals surface area contributed by atoms with Gasteiger partial charge in [0.1, 0.15) is 18.4 Å². The van der Waals surface area contributed by atoms with Gasteiger partial charge in [-0.15, -0.1) is 0 Å². The number of piperidine rings is 1. The van der Waals surface area contributed by atoms with Crippen molar-refractivity contribution in [1.82, 2.24) is 24.8 Å². The van der Waals surface area contributed by atoms with Crippen LogP contribution in [0.1, 0.15) is 56.4 Å². The van der Waals surface area contributed by atoms with E-state index in [2.05, 4.69) is 15.2 Å². The van der Waals surface area contributed by atoms with Gasteiger partial charge in [0.15, 0.2) is 0 Å². The summed E-state index contributed by atoms with van der Waals surface area (Å²) in [5.74, 6) is 1.53. The van der Waals surface area contributed by atoms with Gasteiger partial charge >= 0.3 is 0 Å². The van der Waals surface area contributed by atoms with Gasteiger partial charge in [0.05, 0.1) is 12.1 Å². The second-order valence-electron chi connectivity index (χ2n) is 8.28. The summed E-state index contributed by atoms with van der Waals surface area (Å²) in [6, 6.07) is 1.85. The Kier molecular flexibility index (Phi) is 5.27. The molecule has 2 aromatic heterocycles. The molecule has 0 aromatic carbocycles. The minimum Gasteiger partial charge on any atom is -0.361 e. The first-order valence-corrected chi connectivity index (χ1v) is 10.2. The van der Waals surface area contributed by atoms with Crippen molar-refractivity contribution in [2.24, 2.45) is 11.3 Å². The summed E-state index contributed by atoms with van der Waals surface area (Å²) >= 11 is 0. The Labute approximate surface area is 160 Å². The summed E-state index contributed by atoms with van der Waals surface area (Å²) in [7, 11) is 0. The fraction of sp³-hybridized carbons (Fsp3) is 0.700. The molecule has 2 aromatic rings. The largest absolute Gasteiger partial charge is 0.361 e. The molecule has 7 nitrogen and oxygen atoms in total. The number of hydrogen-bond acceptors (Lipinski definition) is 5. The Balaban J connectivity index is 1.43. The molecule has 4 rings (SSSR count). The Morgan fingerprint density at radius 3 is 2.67 bits per heavy atom. The normalized spacial score (nSPS) is 20.7. The lowest BCUT2D eigenvalue weighted by molar-refractivity contribution is -0.134. The molecule has 27 heavy (non-hydrogen) atoms. The zero-order valence-corrected chi connectivity index (χ0v) is 16.1. The van der Waals surface area contributed by atoms with Crippen LogP contribution in [0.4, 0.5) is 0 Å². The van der Waals surface area contributed by atoms with Gasteiger partial charge in [-0.1, -0.05) is 24.4 Å².